The molecule has 0 radical (unpaired) electrons. The van der Waals surface area contributed by atoms with Crippen LogP contribution in [0.1, 0.15) is 78.1 Å². The summed E-state index contributed by atoms with van der Waals surface area (Å²) >= 11 is 0. The van der Waals surface area contributed by atoms with E-state index in [-0.39, 0.29) is 6.61 Å². The van der Waals surface area contributed by atoms with E-state index in [2.05, 4.69) is 18.0 Å². The zero-order chi connectivity index (χ0) is 14.6. The van der Waals surface area contributed by atoms with Crippen molar-refractivity contribution < 1.29 is 17.2 Å². The molecule has 0 aliphatic heterocycles. The third kappa shape index (κ3) is 15.8. The van der Waals surface area contributed by atoms with Crippen LogP contribution in [-0.2, 0) is 14.6 Å². The van der Waals surface area contributed by atoms with E-state index < -0.39 is 10.4 Å². The molecule has 0 heterocycles. The third-order valence-electron chi connectivity index (χ3n) is 3.37. The van der Waals surface area contributed by atoms with E-state index in [0.29, 0.717) is 6.42 Å². The molecule has 0 aliphatic carbocycles. The van der Waals surface area contributed by atoms with Crippen molar-refractivity contribution in [2.75, 3.05) is 6.61 Å². The molecule has 0 fully saturated rings. The Labute approximate surface area is 118 Å². The minimum atomic E-state index is -4.25. The Morgan fingerprint density at radius 1 is 0.947 bits per heavy atom. The van der Waals surface area contributed by atoms with Crippen molar-refractivity contribution in [3.8, 4) is 0 Å². The van der Waals surface area contributed by atoms with Crippen LogP contribution in [0.15, 0.2) is 0 Å². The molecule has 1 atom stereocenters. The molecule has 0 aromatic carbocycles. The Bertz CT molecular complexity index is 288. The first-order chi connectivity index (χ1) is 8.95. The summed E-state index contributed by atoms with van der Waals surface area (Å²) in [5.74, 6) is 0.797. The first-order valence-electron chi connectivity index (χ1n) is 7.57. The molecule has 1 unspecified atom stereocenters. The largest absolute Gasteiger partial charge is 0.397 e. The first kappa shape index (κ1) is 18.9. The summed E-state index contributed by atoms with van der Waals surface area (Å²) in [5.41, 5.74) is 0. The lowest BCUT2D eigenvalue weighted by molar-refractivity contribution is 0.261. The summed E-state index contributed by atoms with van der Waals surface area (Å²) in [6.07, 6.45) is 11.9. The Hall–Kier alpha value is -0.130. The highest BCUT2D eigenvalue weighted by Crippen LogP contribution is 2.17. The van der Waals surface area contributed by atoms with Gasteiger partial charge in [0, 0.05) is 0 Å². The molecular weight excluding hydrogens is 264 g/mol. The van der Waals surface area contributed by atoms with Crippen LogP contribution in [0.25, 0.3) is 0 Å². The highest BCUT2D eigenvalue weighted by Gasteiger charge is 2.04. The molecule has 5 heteroatoms. The van der Waals surface area contributed by atoms with Crippen LogP contribution < -0.4 is 0 Å². The van der Waals surface area contributed by atoms with Gasteiger partial charge in [-0.3, -0.25) is 4.55 Å². The van der Waals surface area contributed by atoms with Crippen molar-refractivity contribution in [1.82, 2.24) is 0 Å². The van der Waals surface area contributed by atoms with Crippen LogP contribution in [0.5, 0.6) is 0 Å². The van der Waals surface area contributed by atoms with Gasteiger partial charge in [-0.05, 0) is 12.3 Å². The molecule has 0 spiro atoms. The predicted octanol–water partition coefficient (Wildman–Crippen LogP) is 4.36. The maximum Gasteiger partial charge on any atom is 0.397 e. The average molecular weight is 294 g/mol. The molecule has 0 aromatic rings. The first-order valence-corrected chi connectivity index (χ1v) is 8.94. The van der Waals surface area contributed by atoms with E-state index in [4.69, 9.17) is 4.55 Å². The Morgan fingerprint density at radius 3 is 2.00 bits per heavy atom. The quantitative estimate of drug-likeness (QED) is 0.405. The summed E-state index contributed by atoms with van der Waals surface area (Å²) in [7, 11) is -4.25. The van der Waals surface area contributed by atoms with Crippen molar-refractivity contribution >= 4 is 10.4 Å². The van der Waals surface area contributed by atoms with Crippen molar-refractivity contribution in [2.45, 2.75) is 78.1 Å². The fraction of sp³-hybridized carbons (Fsp3) is 1.00. The molecule has 0 aliphatic rings. The fourth-order valence-electron chi connectivity index (χ4n) is 2.18. The monoisotopic (exact) mass is 294 g/mol. The van der Waals surface area contributed by atoms with E-state index in [1.807, 2.05) is 0 Å². The second-order valence-electron chi connectivity index (χ2n) is 5.41. The van der Waals surface area contributed by atoms with Crippen LogP contribution in [-0.4, -0.2) is 19.6 Å². The van der Waals surface area contributed by atoms with Gasteiger partial charge in [-0.2, -0.15) is 8.42 Å². The van der Waals surface area contributed by atoms with Crippen LogP contribution in [0.2, 0.25) is 0 Å². The fourth-order valence-corrected chi connectivity index (χ4v) is 2.51. The summed E-state index contributed by atoms with van der Waals surface area (Å²) in [6, 6.07) is 0. The van der Waals surface area contributed by atoms with Gasteiger partial charge in [0.15, 0.2) is 0 Å². The standard InChI is InChI=1S/C14H30O4S/c1-3-4-5-8-11-14(2)12-9-6-7-10-13-18-19(15,16)17/h14H,3-13H2,1-2H3,(H,15,16,17). The van der Waals surface area contributed by atoms with Gasteiger partial charge in [0.05, 0.1) is 6.61 Å². The molecule has 0 rings (SSSR count). The third-order valence-corrected chi connectivity index (χ3v) is 3.84. The number of rotatable bonds is 13. The minimum absolute atomic E-state index is 0.0887. The lowest BCUT2D eigenvalue weighted by atomic mass is 9.96. The summed E-state index contributed by atoms with van der Waals surface area (Å²) in [5, 5.41) is 0. The van der Waals surface area contributed by atoms with Gasteiger partial charge < -0.3 is 0 Å². The van der Waals surface area contributed by atoms with E-state index >= 15 is 0 Å². The van der Waals surface area contributed by atoms with E-state index in [9.17, 15) is 8.42 Å². The molecule has 0 saturated heterocycles. The molecule has 116 valence electrons. The number of unbranched alkanes of at least 4 members (excludes halogenated alkanes) is 6. The lowest BCUT2D eigenvalue weighted by Gasteiger charge is -2.10. The van der Waals surface area contributed by atoms with Crippen molar-refractivity contribution in [3.05, 3.63) is 0 Å². The van der Waals surface area contributed by atoms with Gasteiger partial charge in [-0.25, -0.2) is 4.18 Å². The van der Waals surface area contributed by atoms with E-state index in [1.54, 1.807) is 0 Å². The van der Waals surface area contributed by atoms with E-state index in [1.165, 1.54) is 44.9 Å². The molecular formula is C14H30O4S. The van der Waals surface area contributed by atoms with Gasteiger partial charge in [-0.15, -0.1) is 0 Å². The SMILES string of the molecule is CCCCCCC(C)CCCCCCOS(=O)(=O)O. The lowest BCUT2D eigenvalue weighted by Crippen LogP contribution is -2.04. The van der Waals surface area contributed by atoms with Gasteiger partial charge in [0.25, 0.3) is 0 Å². The predicted molar refractivity (Wildman–Crippen MR) is 78.5 cm³/mol. The van der Waals surface area contributed by atoms with Gasteiger partial charge in [-0.1, -0.05) is 71.6 Å². The Morgan fingerprint density at radius 2 is 1.47 bits per heavy atom. The molecule has 0 amide bonds. The highest BCUT2D eigenvalue weighted by molar-refractivity contribution is 7.80. The maximum absolute atomic E-state index is 10.3. The molecule has 4 nitrogen and oxygen atoms in total. The summed E-state index contributed by atoms with van der Waals surface area (Å²) in [4.78, 5) is 0. The summed E-state index contributed by atoms with van der Waals surface area (Å²) < 4.78 is 33.2. The summed E-state index contributed by atoms with van der Waals surface area (Å²) in [6.45, 7) is 4.63. The normalized spacial score (nSPS) is 13.6. The maximum atomic E-state index is 10.3. The number of hydrogen-bond donors (Lipinski definition) is 1. The van der Waals surface area contributed by atoms with Crippen LogP contribution in [0.4, 0.5) is 0 Å². The van der Waals surface area contributed by atoms with Crippen molar-refractivity contribution in [3.63, 3.8) is 0 Å². The second kappa shape index (κ2) is 11.7. The van der Waals surface area contributed by atoms with E-state index in [0.717, 1.165) is 18.8 Å². The molecule has 0 bridgehead atoms. The van der Waals surface area contributed by atoms with Crippen LogP contribution >= 0.6 is 0 Å². The Balaban J connectivity index is 3.25. The zero-order valence-corrected chi connectivity index (χ0v) is 13.3. The highest BCUT2D eigenvalue weighted by atomic mass is 32.3. The Kier molecular flexibility index (Phi) is 11.6. The van der Waals surface area contributed by atoms with Crippen LogP contribution in [0, 0.1) is 5.92 Å². The second-order valence-corrected chi connectivity index (χ2v) is 6.50. The minimum Gasteiger partial charge on any atom is -0.264 e. The molecule has 19 heavy (non-hydrogen) atoms. The van der Waals surface area contributed by atoms with Crippen molar-refractivity contribution in [1.29, 1.82) is 0 Å². The van der Waals surface area contributed by atoms with Gasteiger partial charge in [0.2, 0.25) is 0 Å². The average Bonchev–Trinajstić information content (AvgIpc) is 2.32. The zero-order valence-electron chi connectivity index (χ0n) is 12.4. The molecule has 0 aromatic heterocycles. The van der Waals surface area contributed by atoms with Crippen molar-refractivity contribution in [2.24, 2.45) is 5.92 Å². The molecule has 0 saturated carbocycles. The smallest absolute Gasteiger partial charge is 0.264 e. The molecule has 1 N–H and O–H groups in total. The van der Waals surface area contributed by atoms with Gasteiger partial charge >= 0.3 is 10.4 Å². The van der Waals surface area contributed by atoms with Gasteiger partial charge in [0.1, 0.15) is 0 Å². The number of hydrogen-bond acceptors (Lipinski definition) is 3. The van der Waals surface area contributed by atoms with Crippen LogP contribution in [0.3, 0.4) is 0 Å². The topological polar surface area (TPSA) is 63.6 Å².